The van der Waals surface area contributed by atoms with Crippen LogP contribution >= 0.6 is 0 Å². The SMILES string of the molecule is CC(=O)c1c(C)[nH]c(C(=O)OCC(=O)Nc2ccccc2Cc2ccccc2)c1C. The molecule has 0 unspecified atom stereocenters. The van der Waals surface area contributed by atoms with Crippen LogP contribution in [0.2, 0.25) is 0 Å². The second-order valence-corrected chi connectivity index (χ2v) is 7.13. The van der Waals surface area contributed by atoms with Crippen molar-refractivity contribution < 1.29 is 19.1 Å². The van der Waals surface area contributed by atoms with Gasteiger partial charge in [-0.2, -0.15) is 0 Å². The van der Waals surface area contributed by atoms with E-state index in [2.05, 4.69) is 10.3 Å². The number of nitrogens with one attached hydrogen (secondary N) is 2. The minimum atomic E-state index is -0.671. The minimum Gasteiger partial charge on any atom is -0.451 e. The average Bonchev–Trinajstić information content (AvgIpc) is 3.02. The van der Waals surface area contributed by atoms with E-state index in [0.717, 1.165) is 11.1 Å². The van der Waals surface area contributed by atoms with Crippen LogP contribution in [-0.2, 0) is 16.0 Å². The molecule has 1 aromatic heterocycles. The molecule has 0 aliphatic carbocycles. The highest BCUT2D eigenvalue weighted by atomic mass is 16.5. The zero-order chi connectivity index (χ0) is 21.7. The lowest BCUT2D eigenvalue weighted by Crippen LogP contribution is -2.22. The van der Waals surface area contributed by atoms with Crippen LogP contribution in [0.15, 0.2) is 54.6 Å². The number of aryl methyl sites for hydroxylation is 1. The molecule has 0 saturated heterocycles. The topological polar surface area (TPSA) is 88.3 Å². The van der Waals surface area contributed by atoms with Crippen LogP contribution in [0.3, 0.4) is 0 Å². The first-order valence-corrected chi connectivity index (χ1v) is 9.65. The van der Waals surface area contributed by atoms with Crippen LogP contribution in [0.1, 0.15) is 50.2 Å². The summed E-state index contributed by atoms with van der Waals surface area (Å²) < 4.78 is 5.16. The summed E-state index contributed by atoms with van der Waals surface area (Å²) >= 11 is 0. The smallest absolute Gasteiger partial charge is 0.355 e. The van der Waals surface area contributed by atoms with E-state index in [0.29, 0.717) is 28.9 Å². The Bertz CT molecular complexity index is 1080. The molecule has 0 saturated carbocycles. The maximum Gasteiger partial charge on any atom is 0.355 e. The monoisotopic (exact) mass is 404 g/mol. The third-order valence-electron chi connectivity index (χ3n) is 4.86. The fraction of sp³-hybridized carbons (Fsp3) is 0.208. The lowest BCUT2D eigenvalue weighted by atomic mass is 10.0. The number of benzene rings is 2. The largest absolute Gasteiger partial charge is 0.451 e. The predicted molar refractivity (Wildman–Crippen MR) is 115 cm³/mol. The van der Waals surface area contributed by atoms with E-state index >= 15 is 0 Å². The molecule has 0 spiro atoms. The van der Waals surface area contributed by atoms with Crippen LogP contribution in [0.4, 0.5) is 5.69 Å². The Morgan fingerprint density at radius 3 is 2.30 bits per heavy atom. The molecule has 154 valence electrons. The van der Waals surface area contributed by atoms with Crippen molar-refractivity contribution in [2.75, 3.05) is 11.9 Å². The average molecular weight is 404 g/mol. The quantitative estimate of drug-likeness (QED) is 0.456. The Morgan fingerprint density at radius 1 is 0.967 bits per heavy atom. The molecule has 6 heteroatoms. The number of para-hydroxylation sites is 1. The first-order chi connectivity index (χ1) is 14.4. The number of anilines is 1. The number of Topliss-reactive ketones (excluding diaryl/α,β-unsaturated/α-hetero) is 1. The predicted octanol–water partition coefficient (Wildman–Crippen LogP) is 4.22. The lowest BCUT2D eigenvalue weighted by molar-refractivity contribution is -0.119. The maximum absolute atomic E-state index is 12.4. The molecule has 2 N–H and O–H groups in total. The Labute approximate surface area is 175 Å². The van der Waals surface area contributed by atoms with Crippen molar-refractivity contribution >= 4 is 23.3 Å². The number of hydrogen-bond acceptors (Lipinski definition) is 4. The first-order valence-electron chi connectivity index (χ1n) is 9.65. The highest BCUT2D eigenvalue weighted by Gasteiger charge is 2.21. The molecule has 6 nitrogen and oxygen atoms in total. The Balaban J connectivity index is 1.64. The number of carbonyl (C=O) groups is 3. The number of aromatic nitrogens is 1. The molecule has 0 bridgehead atoms. The molecular formula is C24H24N2O4. The Hall–Kier alpha value is -3.67. The standard InChI is InChI=1S/C24H24N2O4/c1-15-22(17(3)27)16(2)25-23(15)24(29)30-14-21(28)26-20-12-8-7-11-19(20)13-18-9-5-4-6-10-18/h4-12,25H,13-14H2,1-3H3,(H,26,28). The van der Waals surface area contributed by atoms with Crippen LogP contribution in [0.5, 0.6) is 0 Å². The number of aromatic amines is 1. The first kappa shape index (κ1) is 21.0. The molecule has 0 aliphatic rings. The van der Waals surface area contributed by atoms with Gasteiger partial charge in [0.1, 0.15) is 5.69 Å². The highest BCUT2D eigenvalue weighted by molar-refractivity contribution is 6.01. The van der Waals surface area contributed by atoms with E-state index in [-0.39, 0.29) is 11.5 Å². The van der Waals surface area contributed by atoms with Gasteiger partial charge in [0.25, 0.3) is 5.91 Å². The van der Waals surface area contributed by atoms with Gasteiger partial charge in [-0.05, 0) is 49.9 Å². The van der Waals surface area contributed by atoms with E-state index in [1.54, 1.807) is 13.8 Å². The fourth-order valence-electron chi connectivity index (χ4n) is 3.48. The van der Waals surface area contributed by atoms with E-state index in [1.165, 1.54) is 6.92 Å². The number of ether oxygens (including phenoxy) is 1. The van der Waals surface area contributed by atoms with Gasteiger partial charge in [-0.1, -0.05) is 48.5 Å². The van der Waals surface area contributed by atoms with Crippen LogP contribution < -0.4 is 5.32 Å². The number of amides is 1. The molecule has 30 heavy (non-hydrogen) atoms. The maximum atomic E-state index is 12.4. The molecule has 0 atom stereocenters. The summed E-state index contributed by atoms with van der Waals surface area (Å²) in [5.74, 6) is -1.24. The van der Waals surface area contributed by atoms with Gasteiger partial charge in [0.15, 0.2) is 12.4 Å². The molecule has 0 fully saturated rings. The summed E-state index contributed by atoms with van der Waals surface area (Å²) in [6, 6.07) is 17.5. The zero-order valence-electron chi connectivity index (χ0n) is 17.2. The second kappa shape index (κ2) is 9.22. The molecule has 3 rings (SSSR count). The van der Waals surface area contributed by atoms with Crippen molar-refractivity contribution in [1.29, 1.82) is 0 Å². The molecule has 1 heterocycles. The third kappa shape index (κ3) is 4.84. The summed E-state index contributed by atoms with van der Waals surface area (Å²) in [6.45, 7) is 4.41. The number of esters is 1. The molecular weight excluding hydrogens is 380 g/mol. The van der Waals surface area contributed by atoms with E-state index in [4.69, 9.17) is 4.74 Å². The summed E-state index contributed by atoms with van der Waals surface area (Å²) in [4.78, 5) is 39.3. The number of hydrogen-bond donors (Lipinski definition) is 2. The van der Waals surface area contributed by atoms with Gasteiger partial charge in [-0.15, -0.1) is 0 Å². The Kier molecular flexibility index (Phi) is 6.47. The van der Waals surface area contributed by atoms with Gasteiger partial charge in [0, 0.05) is 16.9 Å². The van der Waals surface area contributed by atoms with E-state index in [9.17, 15) is 14.4 Å². The van der Waals surface area contributed by atoms with Crippen molar-refractivity contribution in [3.8, 4) is 0 Å². The van der Waals surface area contributed by atoms with Gasteiger partial charge in [0.2, 0.25) is 0 Å². The number of rotatable bonds is 7. The summed E-state index contributed by atoms with van der Waals surface area (Å²) in [5, 5.41) is 2.81. The Morgan fingerprint density at radius 2 is 1.63 bits per heavy atom. The number of H-pyrrole nitrogens is 1. The van der Waals surface area contributed by atoms with Gasteiger partial charge in [0.05, 0.1) is 0 Å². The van der Waals surface area contributed by atoms with Gasteiger partial charge in [-0.25, -0.2) is 4.79 Å². The molecule has 0 aliphatic heterocycles. The highest BCUT2D eigenvalue weighted by Crippen LogP contribution is 2.20. The molecule has 1 amide bonds. The second-order valence-electron chi connectivity index (χ2n) is 7.13. The van der Waals surface area contributed by atoms with Crippen LogP contribution in [-0.4, -0.2) is 29.3 Å². The molecule has 3 aromatic rings. The van der Waals surface area contributed by atoms with E-state index < -0.39 is 18.5 Å². The summed E-state index contributed by atoms with van der Waals surface area (Å²) in [5.41, 5.74) is 4.56. The molecule has 0 radical (unpaired) electrons. The lowest BCUT2D eigenvalue weighted by Gasteiger charge is -2.11. The normalized spacial score (nSPS) is 10.5. The van der Waals surface area contributed by atoms with Crippen molar-refractivity contribution in [3.63, 3.8) is 0 Å². The van der Waals surface area contributed by atoms with E-state index in [1.807, 2.05) is 54.6 Å². The van der Waals surface area contributed by atoms with Crippen molar-refractivity contribution in [2.45, 2.75) is 27.2 Å². The van der Waals surface area contributed by atoms with Gasteiger partial charge < -0.3 is 15.0 Å². The molecule has 2 aromatic carbocycles. The minimum absolute atomic E-state index is 0.131. The summed E-state index contributed by atoms with van der Waals surface area (Å²) in [6.07, 6.45) is 0.672. The van der Waals surface area contributed by atoms with Crippen LogP contribution in [0, 0.1) is 13.8 Å². The number of ketones is 1. The third-order valence-corrected chi connectivity index (χ3v) is 4.86. The number of carbonyl (C=O) groups excluding carboxylic acids is 3. The van der Waals surface area contributed by atoms with Crippen molar-refractivity contribution in [2.24, 2.45) is 0 Å². The van der Waals surface area contributed by atoms with Gasteiger partial charge >= 0.3 is 5.97 Å². The van der Waals surface area contributed by atoms with Crippen molar-refractivity contribution in [3.05, 3.63) is 88.2 Å². The van der Waals surface area contributed by atoms with Crippen molar-refractivity contribution in [1.82, 2.24) is 4.98 Å². The van der Waals surface area contributed by atoms with Crippen LogP contribution in [0.25, 0.3) is 0 Å². The van der Waals surface area contributed by atoms with Gasteiger partial charge in [-0.3, -0.25) is 9.59 Å². The fourth-order valence-corrected chi connectivity index (χ4v) is 3.48. The summed E-state index contributed by atoms with van der Waals surface area (Å²) in [7, 11) is 0. The zero-order valence-corrected chi connectivity index (χ0v) is 17.2.